The van der Waals surface area contributed by atoms with Gasteiger partial charge in [-0.2, -0.15) is 0 Å². The lowest BCUT2D eigenvalue weighted by molar-refractivity contribution is 0.179. The molecule has 1 aliphatic heterocycles. The lowest BCUT2D eigenvalue weighted by Gasteiger charge is -2.31. The fourth-order valence-corrected chi connectivity index (χ4v) is 2.69. The van der Waals surface area contributed by atoms with Gasteiger partial charge in [0.05, 0.1) is 0 Å². The van der Waals surface area contributed by atoms with Gasteiger partial charge in [-0.05, 0) is 37.4 Å². The average Bonchev–Trinajstić information content (AvgIpc) is 2.81. The monoisotopic (exact) mass is 219 g/mol. The van der Waals surface area contributed by atoms with E-state index in [1.54, 1.807) is 0 Å². The topological polar surface area (TPSA) is 42.1 Å². The van der Waals surface area contributed by atoms with Crippen molar-refractivity contribution >= 4 is 0 Å². The van der Waals surface area contributed by atoms with Crippen molar-refractivity contribution in [3.63, 3.8) is 0 Å². The largest absolute Gasteiger partial charge is 0.329 e. The molecule has 1 aliphatic rings. The zero-order chi connectivity index (χ0) is 11.4. The predicted molar refractivity (Wildman–Crippen MR) is 66.1 cm³/mol. The van der Waals surface area contributed by atoms with Crippen LogP contribution in [0.1, 0.15) is 37.8 Å². The van der Waals surface area contributed by atoms with Crippen molar-refractivity contribution < 1.29 is 0 Å². The first-order chi connectivity index (χ1) is 7.86. The van der Waals surface area contributed by atoms with Gasteiger partial charge in [-0.3, -0.25) is 9.88 Å². The van der Waals surface area contributed by atoms with Crippen LogP contribution in [-0.4, -0.2) is 29.0 Å². The number of aromatic nitrogens is 1. The molecule has 2 atom stereocenters. The van der Waals surface area contributed by atoms with Crippen molar-refractivity contribution in [3.8, 4) is 0 Å². The van der Waals surface area contributed by atoms with Gasteiger partial charge >= 0.3 is 0 Å². The number of nitrogens with zero attached hydrogens (tertiary/aromatic N) is 2. The van der Waals surface area contributed by atoms with E-state index in [9.17, 15) is 0 Å². The van der Waals surface area contributed by atoms with E-state index in [1.165, 1.54) is 24.9 Å². The molecule has 1 saturated heterocycles. The van der Waals surface area contributed by atoms with Crippen molar-refractivity contribution in [1.82, 2.24) is 9.88 Å². The maximum absolute atomic E-state index is 5.85. The van der Waals surface area contributed by atoms with Gasteiger partial charge < -0.3 is 5.73 Å². The molecule has 0 radical (unpaired) electrons. The minimum absolute atomic E-state index is 0.521. The third kappa shape index (κ3) is 2.25. The van der Waals surface area contributed by atoms with Gasteiger partial charge in [-0.1, -0.05) is 13.0 Å². The zero-order valence-electron chi connectivity index (χ0n) is 9.97. The Bertz CT molecular complexity index is 308. The van der Waals surface area contributed by atoms with Crippen molar-refractivity contribution in [2.24, 2.45) is 5.73 Å². The molecule has 2 rings (SSSR count). The second-order valence-electron chi connectivity index (χ2n) is 4.48. The number of rotatable bonds is 4. The first kappa shape index (κ1) is 11.6. The smallest absolute Gasteiger partial charge is 0.0367 e. The summed E-state index contributed by atoms with van der Waals surface area (Å²) in [4.78, 5) is 6.77. The number of nitrogens with two attached hydrogens (primary N) is 1. The van der Waals surface area contributed by atoms with Crippen LogP contribution in [0.2, 0.25) is 0 Å². The van der Waals surface area contributed by atoms with Crippen molar-refractivity contribution in [1.29, 1.82) is 0 Å². The Balaban J connectivity index is 2.15. The fraction of sp³-hybridized carbons (Fsp3) is 0.615. The Hall–Kier alpha value is -0.930. The third-order valence-electron chi connectivity index (χ3n) is 3.58. The highest BCUT2D eigenvalue weighted by atomic mass is 15.2. The summed E-state index contributed by atoms with van der Waals surface area (Å²) in [5, 5.41) is 0. The summed E-state index contributed by atoms with van der Waals surface area (Å²) in [5.74, 6) is 0. The molecule has 0 saturated carbocycles. The van der Waals surface area contributed by atoms with Crippen molar-refractivity contribution in [2.45, 2.75) is 38.3 Å². The summed E-state index contributed by atoms with van der Waals surface area (Å²) in [6, 6.07) is 5.25. The van der Waals surface area contributed by atoms with E-state index in [2.05, 4.69) is 22.9 Å². The quantitative estimate of drug-likeness (QED) is 0.841. The number of likely N-dealkylation sites (tertiary alicyclic amines) is 1. The molecule has 0 bridgehead atoms. The van der Waals surface area contributed by atoms with Gasteiger partial charge in [0, 0.05) is 31.0 Å². The molecule has 2 heterocycles. The second kappa shape index (κ2) is 5.41. The van der Waals surface area contributed by atoms with Crippen LogP contribution >= 0.6 is 0 Å². The molecule has 2 N–H and O–H groups in total. The Morgan fingerprint density at radius 3 is 3.12 bits per heavy atom. The number of hydrogen-bond donors (Lipinski definition) is 1. The molecule has 0 spiro atoms. The highest BCUT2D eigenvalue weighted by Crippen LogP contribution is 2.33. The van der Waals surface area contributed by atoms with Crippen LogP contribution in [0.4, 0.5) is 0 Å². The standard InChI is InChI=1S/C13H21N3/c1-2-12(9-14)16-8-4-6-13(16)11-5-3-7-15-10-11/h3,5,7,10,12-13H,2,4,6,8-9,14H2,1H3. The molecule has 0 aliphatic carbocycles. The van der Waals surface area contributed by atoms with Crippen LogP contribution in [0.5, 0.6) is 0 Å². The van der Waals surface area contributed by atoms with Gasteiger partial charge in [-0.25, -0.2) is 0 Å². The van der Waals surface area contributed by atoms with E-state index in [-0.39, 0.29) is 0 Å². The fourth-order valence-electron chi connectivity index (χ4n) is 2.69. The maximum Gasteiger partial charge on any atom is 0.0367 e. The van der Waals surface area contributed by atoms with Gasteiger partial charge in [0.1, 0.15) is 0 Å². The Morgan fingerprint density at radius 2 is 2.50 bits per heavy atom. The van der Waals surface area contributed by atoms with Gasteiger partial charge in [0.2, 0.25) is 0 Å². The first-order valence-corrected chi connectivity index (χ1v) is 6.22. The van der Waals surface area contributed by atoms with E-state index in [0.717, 1.165) is 13.0 Å². The van der Waals surface area contributed by atoms with Crippen LogP contribution in [-0.2, 0) is 0 Å². The Morgan fingerprint density at radius 1 is 1.62 bits per heavy atom. The molecular formula is C13H21N3. The molecule has 0 amide bonds. The van der Waals surface area contributed by atoms with Gasteiger partial charge in [-0.15, -0.1) is 0 Å². The summed E-state index contributed by atoms with van der Waals surface area (Å²) in [5.41, 5.74) is 7.19. The summed E-state index contributed by atoms with van der Waals surface area (Å²) in [7, 11) is 0. The number of pyridine rings is 1. The predicted octanol–water partition coefficient (Wildman–Crippen LogP) is 1.96. The normalized spacial score (nSPS) is 23.5. The zero-order valence-corrected chi connectivity index (χ0v) is 9.97. The molecule has 1 fully saturated rings. The lowest BCUT2D eigenvalue weighted by Crippen LogP contribution is -2.39. The summed E-state index contributed by atoms with van der Waals surface area (Å²) in [6.07, 6.45) is 7.47. The van der Waals surface area contributed by atoms with E-state index in [0.29, 0.717) is 12.1 Å². The third-order valence-corrected chi connectivity index (χ3v) is 3.58. The molecule has 16 heavy (non-hydrogen) atoms. The molecule has 1 aromatic rings. The maximum atomic E-state index is 5.85. The van der Waals surface area contributed by atoms with Crippen molar-refractivity contribution in [2.75, 3.05) is 13.1 Å². The average molecular weight is 219 g/mol. The number of hydrogen-bond acceptors (Lipinski definition) is 3. The van der Waals surface area contributed by atoms with Gasteiger partial charge in [0.15, 0.2) is 0 Å². The molecule has 1 aromatic heterocycles. The summed E-state index contributed by atoms with van der Waals surface area (Å²) < 4.78 is 0. The van der Waals surface area contributed by atoms with E-state index in [4.69, 9.17) is 5.73 Å². The highest BCUT2D eigenvalue weighted by Gasteiger charge is 2.30. The summed E-state index contributed by atoms with van der Waals surface area (Å²) >= 11 is 0. The van der Waals surface area contributed by atoms with Crippen molar-refractivity contribution in [3.05, 3.63) is 30.1 Å². The van der Waals surface area contributed by atoms with Crippen LogP contribution in [0, 0.1) is 0 Å². The summed E-state index contributed by atoms with van der Waals surface area (Å²) in [6.45, 7) is 4.15. The molecule has 0 aromatic carbocycles. The Labute approximate surface area is 97.7 Å². The van der Waals surface area contributed by atoms with E-state index < -0.39 is 0 Å². The highest BCUT2D eigenvalue weighted by molar-refractivity contribution is 5.15. The molecule has 3 heteroatoms. The van der Waals surface area contributed by atoms with Gasteiger partial charge in [0.25, 0.3) is 0 Å². The van der Waals surface area contributed by atoms with Crippen LogP contribution in [0.3, 0.4) is 0 Å². The van der Waals surface area contributed by atoms with Crippen LogP contribution in [0.25, 0.3) is 0 Å². The second-order valence-corrected chi connectivity index (χ2v) is 4.48. The van der Waals surface area contributed by atoms with Crippen LogP contribution in [0.15, 0.2) is 24.5 Å². The molecule has 88 valence electrons. The van der Waals surface area contributed by atoms with E-state index >= 15 is 0 Å². The Kier molecular flexibility index (Phi) is 3.91. The lowest BCUT2D eigenvalue weighted by atomic mass is 10.0. The molecule has 2 unspecified atom stereocenters. The van der Waals surface area contributed by atoms with E-state index in [1.807, 2.05) is 18.5 Å². The first-order valence-electron chi connectivity index (χ1n) is 6.22. The SMILES string of the molecule is CCC(CN)N1CCCC1c1cccnc1. The minimum Gasteiger partial charge on any atom is -0.329 e. The molecular weight excluding hydrogens is 198 g/mol. The van der Waals surface area contributed by atoms with Crippen LogP contribution < -0.4 is 5.73 Å². The minimum atomic E-state index is 0.521. The molecule has 3 nitrogen and oxygen atoms in total.